The van der Waals surface area contributed by atoms with Crippen LogP contribution in [0.15, 0.2) is 53.1 Å². The molecule has 3 aromatic rings. The van der Waals surface area contributed by atoms with Gasteiger partial charge in [-0.05, 0) is 23.6 Å². The number of nitrogens with zero attached hydrogens (tertiary/aromatic N) is 2. The topological polar surface area (TPSA) is 75.4 Å². The molecule has 1 aliphatic heterocycles. The van der Waals surface area contributed by atoms with E-state index in [1.54, 1.807) is 30.3 Å². The van der Waals surface area contributed by atoms with E-state index in [4.69, 9.17) is 4.52 Å². The van der Waals surface area contributed by atoms with Crippen molar-refractivity contribution in [1.29, 1.82) is 0 Å². The van der Waals surface area contributed by atoms with Gasteiger partial charge in [-0.2, -0.15) is 0 Å². The molecule has 1 saturated heterocycles. The van der Waals surface area contributed by atoms with Gasteiger partial charge < -0.3 is 14.7 Å². The van der Waals surface area contributed by atoms with Crippen molar-refractivity contribution in [3.63, 3.8) is 0 Å². The van der Waals surface area contributed by atoms with Crippen molar-refractivity contribution in [3.8, 4) is 11.1 Å². The Labute approximate surface area is 184 Å². The number of aryl methyl sites for hydroxylation is 1. The average Bonchev–Trinajstić information content (AvgIpc) is 3.26. The molecule has 6 nitrogen and oxygen atoms in total. The third kappa shape index (κ3) is 4.39. The number of hydrogen-bond donors (Lipinski definition) is 1. The molecule has 1 fully saturated rings. The van der Waals surface area contributed by atoms with Gasteiger partial charge in [0.15, 0.2) is 17.3 Å². The molecule has 0 aliphatic carbocycles. The van der Waals surface area contributed by atoms with Crippen LogP contribution in [-0.4, -0.2) is 41.0 Å². The molecule has 2 amide bonds. The minimum absolute atomic E-state index is 0.165. The van der Waals surface area contributed by atoms with E-state index in [1.165, 1.54) is 17.0 Å². The Morgan fingerprint density at radius 2 is 2.00 bits per heavy atom. The molecule has 166 valence electrons. The highest BCUT2D eigenvalue weighted by Gasteiger charge is 2.34. The number of hydrogen-bond acceptors (Lipinski definition) is 4. The van der Waals surface area contributed by atoms with E-state index in [1.807, 2.05) is 6.92 Å². The summed E-state index contributed by atoms with van der Waals surface area (Å²) in [5.74, 6) is -1.78. The van der Waals surface area contributed by atoms with Gasteiger partial charge in [-0.25, -0.2) is 8.78 Å². The molecule has 8 heteroatoms. The summed E-state index contributed by atoms with van der Waals surface area (Å²) in [4.78, 5) is 27.1. The molecule has 2 heterocycles. The van der Waals surface area contributed by atoms with E-state index in [0.29, 0.717) is 30.8 Å². The first-order valence-electron chi connectivity index (χ1n) is 10.6. The fourth-order valence-corrected chi connectivity index (χ4v) is 3.86. The molecule has 4 rings (SSSR count). The van der Waals surface area contributed by atoms with Gasteiger partial charge in [0, 0.05) is 37.6 Å². The van der Waals surface area contributed by atoms with Gasteiger partial charge >= 0.3 is 0 Å². The fourth-order valence-electron chi connectivity index (χ4n) is 3.86. The molecule has 1 atom stereocenters. The van der Waals surface area contributed by atoms with Crippen LogP contribution < -0.4 is 5.32 Å². The van der Waals surface area contributed by atoms with E-state index >= 15 is 0 Å². The summed E-state index contributed by atoms with van der Waals surface area (Å²) in [6.07, 6.45) is 1.83. The number of benzene rings is 2. The van der Waals surface area contributed by atoms with Crippen LogP contribution in [0.5, 0.6) is 0 Å². The van der Waals surface area contributed by atoms with Gasteiger partial charge in [-0.1, -0.05) is 48.5 Å². The van der Waals surface area contributed by atoms with Crippen molar-refractivity contribution < 1.29 is 22.9 Å². The second kappa shape index (κ2) is 9.30. The molecule has 2 aromatic carbocycles. The molecule has 0 unspecified atom stereocenters. The predicted molar refractivity (Wildman–Crippen MR) is 114 cm³/mol. The molecule has 1 aromatic heterocycles. The van der Waals surface area contributed by atoms with E-state index < -0.39 is 17.7 Å². The molecule has 32 heavy (non-hydrogen) atoms. The molecule has 1 aliphatic rings. The van der Waals surface area contributed by atoms with Crippen molar-refractivity contribution in [2.75, 3.05) is 13.1 Å². The highest BCUT2D eigenvalue weighted by atomic mass is 19.2. The number of rotatable bonds is 6. The zero-order chi connectivity index (χ0) is 22.7. The summed E-state index contributed by atoms with van der Waals surface area (Å²) in [7, 11) is 0. The highest BCUT2D eigenvalue weighted by Crippen LogP contribution is 2.25. The Balaban J connectivity index is 1.53. The van der Waals surface area contributed by atoms with E-state index in [2.05, 4.69) is 10.5 Å². The minimum Gasteiger partial charge on any atom is -0.361 e. The summed E-state index contributed by atoms with van der Waals surface area (Å²) < 4.78 is 32.8. The van der Waals surface area contributed by atoms with Crippen LogP contribution in [0.25, 0.3) is 11.1 Å². The van der Waals surface area contributed by atoms with Crippen molar-refractivity contribution in [2.45, 2.75) is 32.2 Å². The maximum absolute atomic E-state index is 14.1. The average molecular weight is 439 g/mol. The lowest BCUT2D eigenvalue weighted by Gasteiger charge is -2.34. The number of nitrogens with one attached hydrogen (secondary N) is 1. The van der Waals surface area contributed by atoms with E-state index in [9.17, 15) is 18.4 Å². The van der Waals surface area contributed by atoms with Gasteiger partial charge in [0.25, 0.3) is 5.91 Å². The lowest BCUT2D eigenvalue weighted by Crippen LogP contribution is -2.58. The van der Waals surface area contributed by atoms with Crippen molar-refractivity contribution >= 4 is 11.8 Å². The van der Waals surface area contributed by atoms with Gasteiger partial charge in [0.1, 0.15) is 11.8 Å². The molecule has 1 N–H and O–H groups in total. The molecular weight excluding hydrogens is 416 g/mol. The molecule has 0 saturated carbocycles. The van der Waals surface area contributed by atoms with Gasteiger partial charge in [0.05, 0.1) is 0 Å². The van der Waals surface area contributed by atoms with Crippen LogP contribution in [0.1, 0.15) is 35.2 Å². The Morgan fingerprint density at radius 3 is 2.75 bits per heavy atom. The normalized spacial score (nSPS) is 16.2. The SMILES string of the molecule is CCCc1cc(C(=O)N2CCNC(=O)[C@@H]2Cc2ccc(-c3cccc(F)c3F)cc2)no1. The summed E-state index contributed by atoms with van der Waals surface area (Å²) in [5.41, 5.74) is 1.66. The molecule has 0 spiro atoms. The standard InChI is InChI=1S/C24H23F2N3O3/c1-2-4-17-14-20(28-32-17)24(31)29-12-11-27-23(30)21(29)13-15-7-9-16(10-8-15)18-5-3-6-19(25)22(18)26/h3,5-10,14,21H,2,4,11-13H2,1H3,(H,27,30)/t21-/m0/s1. The largest absolute Gasteiger partial charge is 0.361 e. The van der Waals surface area contributed by atoms with Crippen molar-refractivity contribution in [2.24, 2.45) is 0 Å². The minimum atomic E-state index is -0.908. The van der Waals surface area contributed by atoms with Crippen LogP contribution in [0.3, 0.4) is 0 Å². The number of halogens is 2. The highest BCUT2D eigenvalue weighted by molar-refractivity contribution is 5.97. The van der Waals surface area contributed by atoms with Crippen LogP contribution >= 0.6 is 0 Å². The van der Waals surface area contributed by atoms with Crippen molar-refractivity contribution in [3.05, 3.63) is 77.2 Å². The first-order chi connectivity index (χ1) is 15.5. The molecule has 0 radical (unpaired) electrons. The second-order valence-corrected chi connectivity index (χ2v) is 7.74. The zero-order valence-corrected chi connectivity index (χ0v) is 17.6. The summed E-state index contributed by atoms with van der Waals surface area (Å²) in [5, 5.41) is 6.67. The molecular formula is C24H23F2N3O3. The fraction of sp³-hybridized carbons (Fsp3) is 0.292. The number of aromatic nitrogens is 1. The smallest absolute Gasteiger partial charge is 0.276 e. The van der Waals surface area contributed by atoms with Crippen molar-refractivity contribution in [1.82, 2.24) is 15.4 Å². The van der Waals surface area contributed by atoms with Crippen LogP contribution in [0, 0.1) is 11.6 Å². The van der Waals surface area contributed by atoms with E-state index in [0.717, 1.165) is 18.1 Å². The third-order valence-corrected chi connectivity index (χ3v) is 5.51. The second-order valence-electron chi connectivity index (χ2n) is 7.74. The Hall–Kier alpha value is -3.55. The number of carbonyl (C=O) groups excluding carboxylic acids is 2. The third-order valence-electron chi connectivity index (χ3n) is 5.51. The Bertz CT molecular complexity index is 1130. The maximum atomic E-state index is 14.1. The number of amides is 2. The first kappa shape index (κ1) is 21.7. The first-order valence-corrected chi connectivity index (χ1v) is 10.6. The number of piperazine rings is 1. The lowest BCUT2D eigenvalue weighted by molar-refractivity contribution is -0.127. The Kier molecular flexibility index (Phi) is 6.30. The van der Waals surface area contributed by atoms with Gasteiger partial charge in [-0.3, -0.25) is 9.59 Å². The quantitative estimate of drug-likeness (QED) is 0.635. The summed E-state index contributed by atoms with van der Waals surface area (Å²) in [6, 6.07) is 11.8. The Morgan fingerprint density at radius 1 is 1.22 bits per heavy atom. The maximum Gasteiger partial charge on any atom is 0.276 e. The van der Waals surface area contributed by atoms with E-state index in [-0.39, 0.29) is 29.5 Å². The zero-order valence-electron chi connectivity index (χ0n) is 17.6. The van der Waals surface area contributed by atoms with Crippen LogP contribution in [-0.2, 0) is 17.6 Å². The van der Waals surface area contributed by atoms with Gasteiger partial charge in [0.2, 0.25) is 5.91 Å². The van der Waals surface area contributed by atoms with Gasteiger partial charge in [-0.15, -0.1) is 0 Å². The summed E-state index contributed by atoms with van der Waals surface area (Å²) >= 11 is 0. The molecule has 0 bridgehead atoms. The summed E-state index contributed by atoms with van der Waals surface area (Å²) in [6.45, 7) is 2.72. The lowest BCUT2D eigenvalue weighted by atomic mass is 9.98. The van der Waals surface area contributed by atoms with Crippen LogP contribution in [0.2, 0.25) is 0 Å². The number of carbonyl (C=O) groups is 2. The van der Waals surface area contributed by atoms with Crippen LogP contribution in [0.4, 0.5) is 8.78 Å². The monoisotopic (exact) mass is 439 g/mol. The predicted octanol–water partition coefficient (Wildman–Crippen LogP) is 3.76.